The van der Waals surface area contributed by atoms with Crippen molar-refractivity contribution in [2.45, 2.75) is 38.8 Å². The summed E-state index contributed by atoms with van der Waals surface area (Å²) in [5, 5.41) is 4.35. The fraction of sp³-hybridized carbons (Fsp3) is 0.292. The van der Waals surface area contributed by atoms with E-state index in [4.69, 9.17) is 38.7 Å². The van der Waals surface area contributed by atoms with Gasteiger partial charge in [0, 0.05) is 23.6 Å². The Hall–Kier alpha value is -2.67. The van der Waals surface area contributed by atoms with Crippen LogP contribution in [-0.4, -0.2) is 28.6 Å². The molecule has 0 spiro atoms. The number of carbonyl (C=O) groups is 1. The second-order valence-corrected chi connectivity index (χ2v) is 8.42. The van der Waals surface area contributed by atoms with Crippen LogP contribution < -0.4 is 11.1 Å². The summed E-state index contributed by atoms with van der Waals surface area (Å²) in [4.78, 5) is 21.7. The molecular formula is C24H24Cl2N4O2. The lowest BCUT2D eigenvalue weighted by molar-refractivity contribution is 0.0573. The predicted molar refractivity (Wildman–Crippen MR) is 127 cm³/mol. The first-order valence-corrected chi connectivity index (χ1v) is 11.3. The SMILES string of the molecule is CCOC1Cc2ccccc2C1Nc1nc(CC)c(-c2ccc(Cl)cc2Cl)nc1C(N)=O. The summed E-state index contributed by atoms with van der Waals surface area (Å²) in [6.45, 7) is 4.52. The van der Waals surface area contributed by atoms with Crippen molar-refractivity contribution in [2.24, 2.45) is 5.73 Å². The molecule has 1 aromatic heterocycles. The number of halogens is 2. The highest BCUT2D eigenvalue weighted by Crippen LogP contribution is 2.37. The molecule has 0 saturated heterocycles. The number of nitrogens with zero attached hydrogens (tertiary/aromatic N) is 2. The molecular weight excluding hydrogens is 447 g/mol. The van der Waals surface area contributed by atoms with Crippen LogP contribution in [0.15, 0.2) is 42.5 Å². The molecule has 3 N–H and O–H groups in total. The number of hydrogen-bond donors (Lipinski definition) is 2. The highest BCUT2D eigenvalue weighted by molar-refractivity contribution is 6.36. The molecule has 1 aliphatic carbocycles. The first kappa shape index (κ1) is 22.5. The van der Waals surface area contributed by atoms with Crippen molar-refractivity contribution in [3.63, 3.8) is 0 Å². The van der Waals surface area contributed by atoms with E-state index >= 15 is 0 Å². The summed E-state index contributed by atoms with van der Waals surface area (Å²) in [6, 6.07) is 13.1. The number of carbonyl (C=O) groups excluding carboxylic acids is 1. The van der Waals surface area contributed by atoms with Crippen LogP contribution in [0.2, 0.25) is 10.0 Å². The molecule has 0 aliphatic heterocycles. The Kier molecular flexibility index (Phi) is 6.65. The smallest absolute Gasteiger partial charge is 0.271 e. The van der Waals surface area contributed by atoms with Crippen LogP contribution in [0.5, 0.6) is 0 Å². The number of nitrogens with two attached hydrogens (primary N) is 1. The Balaban J connectivity index is 1.80. The number of fused-ring (bicyclic) bond motifs is 1. The van der Waals surface area contributed by atoms with Crippen LogP contribution in [0, 0.1) is 0 Å². The molecule has 0 fully saturated rings. The molecule has 4 rings (SSSR count). The van der Waals surface area contributed by atoms with Crippen LogP contribution in [0.25, 0.3) is 11.3 Å². The van der Waals surface area contributed by atoms with Gasteiger partial charge in [0.15, 0.2) is 11.5 Å². The van der Waals surface area contributed by atoms with Gasteiger partial charge in [-0.05, 0) is 42.7 Å². The second kappa shape index (κ2) is 9.45. The van der Waals surface area contributed by atoms with Crippen molar-refractivity contribution in [1.82, 2.24) is 9.97 Å². The Labute approximate surface area is 197 Å². The van der Waals surface area contributed by atoms with E-state index in [2.05, 4.69) is 22.4 Å². The molecule has 166 valence electrons. The van der Waals surface area contributed by atoms with Crippen molar-refractivity contribution in [3.05, 3.63) is 75.0 Å². The first-order valence-electron chi connectivity index (χ1n) is 10.5. The number of amides is 1. The Morgan fingerprint density at radius 1 is 1.19 bits per heavy atom. The maximum Gasteiger partial charge on any atom is 0.271 e. The molecule has 1 amide bonds. The summed E-state index contributed by atoms with van der Waals surface area (Å²) in [6.07, 6.45) is 1.28. The molecule has 2 aromatic carbocycles. The molecule has 6 nitrogen and oxygen atoms in total. The lowest BCUT2D eigenvalue weighted by Gasteiger charge is -2.24. The van der Waals surface area contributed by atoms with Gasteiger partial charge in [-0.25, -0.2) is 9.97 Å². The van der Waals surface area contributed by atoms with Gasteiger partial charge >= 0.3 is 0 Å². The average Bonchev–Trinajstić information content (AvgIpc) is 3.11. The quantitative estimate of drug-likeness (QED) is 0.493. The van der Waals surface area contributed by atoms with E-state index in [1.54, 1.807) is 18.2 Å². The fourth-order valence-electron chi connectivity index (χ4n) is 4.13. The van der Waals surface area contributed by atoms with Crippen LogP contribution in [0.1, 0.15) is 47.2 Å². The third kappa shape index (κ3) is 4.31. The maximum atomic E-state index is 12.4. The highest BCUT2D eigenvalue weighted by Gasteiger charge is 2.34. The standard InChI is InChI=1S/C24H24Cl2N4O2/c1-3-18-20(16-10-9-14(25)12-17(16)26)29-22(23(27)31)24(28-18)30-21-15-8-6-5-7-13(15)11-19(21)32-4-2/h5-10,12,19,21H,3-4,11H2,1-2H3,(H2,27,31)(H,28,30). The Morgan fingerprint density at radius 2 is 1.97 bits per heavy atom. The van der Waals surface area contributed by atoms with Gasteiger partial charge in [0.05, 0.1) is 28.6 Å². The van der Waals surface area contributed by atoms with E-state index in [1.807, 2.05) is 26.0 Å². The van der Waals surface area contributed by atoms with E-state index in [9.17, 15) is 4.79 Å². The summed E-state index contributed by atoms with van der Waals surface area (Å²) in [5.74, 6) is -0.331. The van der Waals surface area contributed by atoms with Gasteiger partial charge in [-0.1, -0.05) is 54.4 Å². The number of rotatable bonds is 7. The average molecular weight is 471 g/mol. The van der Waals surface area contributed by atoms with Gasteiger partial charge < -0.3 is 15.8 Å². The van der Waals surface area contributed by atoms with Crippen LogP contribution in [0.4, 0.5) is 5.82 Å². The predicted octanol–water partition coefficient (Wildman–Crippen LogP) is 5.23. The highest BCUT2D eigenvalue weighted by atomic mass is 35.5. The van der Waals surface area contributed by atoms with Crippen molar-refractivity contribution >= 4 is 34.9 Å². The van der Waals surface area contributed by atoms with Gasteiger partial charge in [0.2, 0.25) is 0 Å². The minimum atomic E-state index is -0.673. The maximum absolute atomic E-state index is 12.4. The number of ether oxygens (including phenoxy) is 1. The molecule has 2 atom stereocenters. The molecule has 3 aromatic rings. The molecule has 0 saturated carbocycles. The van der Waals surface area contributed by atoms with Gasteiger partial charge in [-0.3, -0.25) is 4.79 Å². The minimum Gasteiger partial charge on any atom is -0.376 e. The summed E-state index contributed by atoms with van der Waals surface area (Å²) in [7, 11) is 0. The van der Waals surface area contributed by atoms with Crippen LogP contribution in [0.3, 0.4) is 0 Å². The fourth-order valence-corrected chi connectivity index (χ4v) is 4.63. The van der Waals surface area contributed by atoms with Crippen molar-refractivity contribution in [1.29, 1.82) is 0 Å². The van der Waals surface area contributed by atoms with Crippen molar-refractivity contribution in [2.75, 3.05) is 11.9 Å². The zero-order valence-electron chi connectivity index (χ0n) is 17.9. The number of benzene rings is 2. The summed E-state index contributed by atoms with van der Waals surface area (Å²) >= 11 is 12.5. The molecule has 8 heteroatoms. The number of nitrogens with one attached hydrogen (secondary N) is 1. The van der Waals surface area contributed by atoms with Crippen LogP contribution >= 0.6 is 23.2 Å². The van der Waals surface area contributed by atoms with E-state index < -0.39 is 5.91 Å². The van der Waals surface area contributed by atoms with Crippen LogP contribution in [-0.2, 0) is 17.6 Å². The van der Waals surface area contributed by atoms with E-state index in [0.717, 1.165) is 12.0 Å². The lowest BCUT2D eigenvalue weighted by atomic mass is 10.1. The number of primary amides is 1. The molecule has 0 bridgehead atoms. The number of aryl methyl sites for hydroxylation is 1. The largest absolute Gasteiger partial charge is 0.376 e. The van der Waals surface area contributed by atoms with Gasteiger partial charge in [-0.2, -0.15) is 0 Å². The minimum absolute atomic E-state index is 0.0582. The normalized spacial score (nSPS) is 17.2. The third-order valence-electron chi connectivity index (χ3n) is 5.58. The molecule has 0 radical (unpaired) electrons. The summed E-state index contributed by atoms with van der Waals surface area (Å²) in [5.41, 5.74) is 9.95. The topological polar surface area (TPSA) is 90.1 Å². The van der Waals surface area contributed by atoms with Gasteiger partial charge in [0.25, 0.3) is 5.91 Å². The number of hydrogen-bond acceptors (Lipinski definition) is 5. The van der Waals surface area contributed by atoms with Crippen molar-refractivity contribution in [3.8, 4) is 11.3 Å². The summed E-state index contributed by atoms with van der Waals surface area (Å²) < 4.78 is 5.99. The number of anilines is 1. The third-order valence-corrected chi connectivity index (χ3v) is 6.13. The molecule has 1 heterocycles. The zero-order chi connectivity index (χ0) is 22.8. The van der Waals surface area contributed by atoms with E-state index in [1.165, 1.54) is 5.56 Å². The Morgan fingerprint density at radius 3 is 2.66 bits per heavy atom. The number of aromatic nitrogens is 2. The molecule has 1 aliphatic rings. The monoisotopic (exact) mass is 470 g/mol. The Bertz CT molecular complexity index is 1170. The van der Waals surface area contributed by atoms with E-state index in [-0.39, 0.29) is 17.8 Å². The zero-order valence-corrected chi connectivity index (χ0v) is 19.4. The molecule has 32 heavy (non-hydrogen) atoms. The van der Waals surface area contributed by atoms with Gasteiger partial charge in [0.1, 0.15) is 0 Å². The lowest BCUT2D eigenvalue weighted by Crippen LogP contribution is -2.27. The van der Waals surface area contributed by atoms with E-state index in [0.29, 0.717) is 45.8 Å². The first-order chi connectivity index (χ1) is 15.4. The van der Waals surface area contributed by atoms with Gasteiger partial charge in [-0.15, -0.1) is 0 Å². The second-order valence-electron chi connectivity index (χ2n) is 7.58. The van der Waals surface area contributed by atoms with Crippen molar-refractivity contribution < 1.29 is 9.53 Å². The molecule has 2 unspecified atom stereocenters.